The highest BCUT2D eigenvalue weighted by atomic mass is 32.2. The van der Waals surface area contributed by atoms with Gasteiger partial charge in [0.2, 0.25) is 10.0 Å². The molecule has 1 saturated heterocycles. The van der Waals surface area contributed by atoms with Gasteiger partial charge in [0.05, 0.1) is 36.5 Å². The number of carbonyl (C=O) groups excluding carboxylic acids is 2. The number of rotatable bonds is 7. The summed E-state index contributed by atoms with van der Waals surface area (Å²) in [6.07, 6.45) is 0. The molecular formula is C20H23N3O7S. The molecule has 0 bridgehead atoms. The van der Waals surface area contributed by atoms with Gasteiger partial charge in [-0.3, -0.25) is 4.79 Å². The number of hydrogen-bond acceptors (Lipinski definition) is 8. The van der Waals surface area contributed by atoms with Crippen molar-refractivity contribution in [1.29, 1.82) is 0 Å². The molecular weight excluding hydrogens is 426 g/mol. The van der Waals surface area contributed by atoms with Gasteiger partial charge in [0.1, 0.15) is 5.75 Å². The van der Waals surface area contributed by atoms with Crippen LogP contribution in [0.15, 0.2) is 47.4 Å². The Hall–Kier alpha value is -3.15. The number of benzene rings is 2. The number of nitrogens with two attached hydrogens (primary N) is 1. The normalized spacial score (nSPS) is 14.6. The van der Waals surface area contributed by atoms with Gasteiger partial charge in [-0.15, -0.1) is 0 Å². The van der Waals surface area contributed by atoms with E-state index in [0.29, 0.717) is 18.9 Å². The Morgan fingerprint density at radius 3 is 2.45 bits per heavy atom. The van der Waals surface area contributed by atoms with Gasteiger partial charge in [0.25, 0.3) is 5.91 Å². The number of nitrogens with zero attached hydrogens (tertiary/aromatic N) is 1. The summed E-state index contributed by atoms with van der Waals surface area (Å²) in [6.45, 7) is 0.567. The zero-order valence-corrected chi connectivity index (χ0v) is 17.7. The quantitative estimate of drug-likeness (QED) is 0.473. The Balaban J connectivity index is 1.69. The number of morpholine rings is 1. The number of esters is 1. The van der Waals surface area contributed by atoms with E-state index < -0.39 is 28.5 Å². The number of anilines is 2. The van der Waals surface area contributed by atoms with Crippen molar-refractivity contribution >= 4 is 33.3 Å². The van der Waals surface area contributed by atoms with Crippen molar-refractivity contribution in [3.05, 3.63) is 48.0 Å². The van der Waals surface area contributed by atoms with Crippen molar-refractivity contribution in [1.82, 2.24) is 4.31 Å². The predicted molar refractivity (Wildman–Crippen MR) is 112 cm³/mol. The monoisotopic (exact) mass is 449 g/mol. The molecule has 0 spiro atoms. The summed E-state index contributed by atoms with van der Waals surface area (Å²) < 4.78 is 42.4. The molecule has 0 radical (unpaired) electrons. The summed E-state index contributed by atoms with van der Waals surface area (Å²) in [7, 11) is -2.37. The standard InChI is InChI=1S/C20H23N3O7S/c1-28-18-7-6-16(31(26,27)23-8-10-29-11-9-23)12-17(18)22-19(24)13-30-20(25)14-2-4-15(21)5-3-14/h2-7,12H,8-11,13,21H2,1H3,(H,22,24). The van der Waals surface area contributed by atoms with Crippen LogP contribution in [0.5, 0.6) is 5.75 Å². The van der Waals surface area contributed by atoms with Crippen molar-refractivity contribution in [2.75, 3.05) is 51.1 Å². The van der Waals surface area contributed by atoms with Gasteiger partial charge in [-0.2, -0.15) is 4.31 Å². The van der Waals surface area contributed by atoms with Gasteiger partial charge in [-0.25, -0.2) is 13.2 Å². The first-order valence-electron chi connectivity index (χ1n) is 9.39. The fourth-order valence-electron chi connectivity index (χ4n) is 2.90. The van der Waals surface area contributed by atoms with Gasteiger partial charge in [-0.1, -0.05) is 0 Å². The van der Waals surface area contributed by atoms with Crippen LogP contribution >= 0.6 is 0 Å². The molecule has 31 heavy (non-hydrogen) atoms. The van der Waals surface area contributed by atoms with Crippen molar-refractivity contribution in [2.24, 2.45) is 0 Å². The van der Waals surface area contributed by atoms with Gasteiger partial charge >= 0.3 is 5.97 Å². The first-order chi connectivity index (χ1) is 14.8. The second-order valence-electron chi connectivity index (χ2n) is 6.62. The summed E-state index contributed by atoms with van der Waals surface area (Å²) >= 11 is 0. The zero-order chi connectivity index (χ0) is 22.4. The van der Waals surface area contributed by atoms with Gasteiger partial charge in [0.15, 0.2) is 6.61 Å². The fraction of sp³-hybridized carbons (Fsp3) is 0.300. The van der Waals surface area contributed by atoms with Gasteiger partial charge in [-0.05, 0) is 42.5 Å². The largest absolute Gasteiger partial charge is 0.495 e. The lowest BCUT2D eigenvalue weighted by molar-refractivity contribution is -0.119. The molecule has 1 fully saturated rings. The van der Waals surface area contributed by atoms with E-state index >= 15 is 0 Å². The first-order valence-corrected chi connectivity index (χ1v) is 10.8. The number of sulfonamides is 1. The maximum atomic E-state index is 12.9. The van der Waals surface area contributed by atoms with E-state index in [9.17, 15) is 18.0 Å². The maximum absolute atomic E-state index is 12.9. The average Bonchev–Trinajstić information content (AvgIpc) is 2.78. The van der Waals surface area contributed by atoms with E-state index in [2.05, 4.69) is 5.32 Å². The van der Waals surface area contributed by atoms with Gasteiger partial charge in [0, 0.05) is 18.8 Å². The second kappa shape index (κ2) is 9.77. The third-order valence-electron chi connectivity index (χ3n) is 4.53. The van der Waals surface area contributed by atoms with E-state index in [-0.39, 0.29) is 35.0 Å². The fourth-order valence-corrected chi connectivity index (χ4v) is 4.34. The topological polar surface area (TPSA) is 137 Å². The molecule has 166 valence electrons. The molecule has 2 aromatic carbocycles. The number of hydrogen-bond donors (Lipinski definition) is 2. The molecule has 10 nitrogen and oxygen atoms in total. The molecule has 0 unspecified atom stereocenters. The molecule has 2 aromatic rings. The van der Waals surface area contributed by atoms with E-state index in [1.54, 1.807) is 12.1 Å². The summed E-state index contributed by atoms with van der Waals surface area (Å²) in [5, 5.41) is 2.52. The summed E-state index contributed by atoms with van der Waals surface area (Å²) in [4.78, 5) is 24.3. The lowest BCUT2D eigenvalue weighted by atomic mass is 10.2. The lowest BCUT2D eigenvalue weighted by Crippen LogP contribution is -2.40. The Bertz CT molecular complexity index is 1050. The van der Waals surface area contributed by atoms with Crippen LogP contribution in [-0.2, 0) is 24.3 Å². The summed E-state index contributed by atoms with van der Waals surface area (Å²) in [6, 6.07) is 10.2. The number of carbonyl (C=O) groups is 2. The summed E-state index contributed by atoms with van der Waals surface area (Å²) in [5.74, 6) is -1.08. The minimum Gasteiger partial charge on any atom is -0.495 e. The van der Waals surface area contributed by atoms with E-state index in [0.717, 1.165) is 0 Å². The number of nitrogen functional groups attached to an aromatic ring is 1. The van der Waals surface area contributed by atoms with Crippen LogP contribution in [0.1, 0.15) is 10.4 Å². The Morgan fingerprint density at radius 1 is 1.13 bits per heavy atom. The smallest absolute Gasteiger partial charge is 0.338 e. The van der Waals surface area contributed by atoms with Crippen LogP contribution in [0.4, 0.5) is 11.4 Å². The highest BCUT2D eigenvalue weighted by Gasteiger charge is 2.27. The summed E-state index contributed by atoms with van der Waals surface area (Å²) in [5.41, 5.74) is 6.46. The lowest BCUT2D eigenvalue weighted by Gasteiger charge is -2.26. The zero-order valence-electron chi connectivity index (χ0n) is 16.9. The first kappa shape index (κ1) is 22.5. The van der Waals surface area contributed by atoms with Crippen molar-refractivity contribution in [2.45, 2.75) is 4.90 Å². The Kier molecular flexibility index (Phi) is 7.10. The molecule has 1 amide bonds. The van der Waals surface area contributed by atoms with Crippen molar-refractivity contribution < 1.29 is 32.2 Å². The van der Waals surface area contributed by atoms with Crippen LogP contribution < -0.4 is 15.8 Å². The predicted octanol–water partition coefficient (Wildman–Crippen LogP) is 1.09. The average molecular weight is 449 g/mol. The molecule has 0 aromatic heterocycles. The third-order valence-corrected chi connectivity index (χ3v) is 6.43. The van der Waals surface area contributed by atoms with E-state index in [1.165, 1.54) is 41.7 Å². The number of methoxy groups -OCH3 is 1. The molecule has 3 rings (SSSR count). The highest BCUT2D eigenvalue weighted by molar-refractivity contribution is 7.89. The molecule has 3 N–H and O–H groups in total. The highest BCUT2D eigenvalue weighted by Crippen LogP contribution is 2.29. The molecule has 0 atom stereocenters. The van der Waals surface area contributed by atoms with Crippen LogP contribution in [-0.4, -0.2) is 64.6 Å². The SMILES string of the molecule is COc1ccc(S(=O)(=O)N2CCOCC2)cc1NC(=O)COC(=O)c1ccc(N)cc1. The Labute approximate surface area is 179 Å². The van der Waals surface area contributed by atoms with E-state index in [4.69, 9.17) is 19.9 Å². The van der Waals surface area contributed by atoms with Crippen molar-refractivity contribution in [3.63, 3.8) is 0 Å². The van der Waals surface area contributed by atoms with Crippen LogP contribution in [0.2, 0.25) is 0 Å². The third kappa shape index (κ3) is 5.51. The van der Waals surface area contributed by atoms with Crippen LogP contribution in [0.3, 0.4) is 0 Å². The molecule has 1 heterocycles. The second-order valence-corrected chi connectivity index (χ2v) is 8.56. The van der Waals surface area contributed by atoms with E-state index in [1.807, 2.05) is 0 Å². The number of nitrogens with one attached hydrogen (secondary N) is 1. The Morgan fingerprint density at radius 2 is 1.81 bits per heavy atom. The maximum Gasteiger partial charge on any atom is 0.338 e. The van der Waals surface area contributed by atoms with Crippen LogP contribution in [0.25, 0.3) is 0 Å². The number of amides is 1. The van der Waals surface area contributed by atoms with Crippen LogP contribution in [0, 0.1) is 0 Å². The minimum absolute atomic E-state index is 0.00405. The molecule has 0 aliphatic carbocycles. The molecule has 1 aliphatic heterocycles. The number of ether oxygens (including phenoxy) is 3. The van der Waals surface area contributed by atoms with Gasteiger partial charge < -0.3 is 25.3 Å². The molecule has 0 saturated carbocycles. The van der Waals surface area contributed by atoms with Crippen molar-refractivity contribution in [3.8, 4) is 5.75 Å². The minimum atomic E-state index is -3.76. The molecule has 11 heteroatoms. The molecule has 1 aliphatic rings.